The average molecular weight is 527 g/mol. The average Bonchev–Trinajstić information content (AvgIpc) is 3.43. The van der Waals surface area contributed by atoms with Crippen LogP contribution in [0.2, 0.25) is 0 Å². The summed E-state index contributed by atoms with van der Waals surface area (Å²) in [6.07, 6.45) is 2.69. The molecule has 41 heavy (non-hydrogen) atoms. The molecule has 0 unspecified atom stereocenters. The highest BCUT2D eigenvalue weighted by Gasteiger charge is 2.19. The Bertz CT molecular complexity index is 2220. The molecule has 0 fully saturated rings. The lowest BCUT2D eigenvalue weighted by atomic mass is 9.96. The lowest BCUT2D eigenvalue weighted by molar-refractivity contribution is 0.908. The molecule has 194 valence electrons. The van der Waals surface area contributed by atoms with Gasteiger partial charge in [-0.3, -0.25) is 9.55 Å². The van der Waals surface area contributed by atoms with Gasteiger partial charge in [0.05, 0.1) is 27.8 Å². The number of rotatable bonds is 4. The van der Waals surface area contributed by atoms with Gasteiger partial charge in [-0.1, -0.05) is 97.9 Å². The summed E-state index contributed by atoms with van der Waals surface area (Å²) in [7, 11) is 0. The van der Waals surface area contributed by atoms with Gasteiger partial charge < -0.3 is 0 Å². The van der Waals surface area contributed by atoms with Crippen LogP contribution in [0.25, 0.3) is 71.7 Å². The van der Waals surface area contributed by atoms with Crippen molar-refractivity contribution < 1.29 is 0 Å². The lowest BCUT2D eigenvalue weighted by Crippen LogP contribution is -1.99. The first-order valence-corrected chi connectivity index (χ1v) is 14.0. The Labute approximate surface area is 237 Å². The molecule has 3 heterocycles. The molecule has 0 aliphatic heterocycles. The Morgan fingerprint density at radius 3 is 2.24 bits per heavy atom. The fourth-order valence-corrected chi connectivity index (χ4v) is 6.09. The largest absolute Gasteiger partial charge is 0.296 e. The molecule has 0 bridgehead atoms. The number of para-hydroxylation sites is 3. The van der Waals surface area contributed by atoms with Gasteiger partial charge in [-0.15, -0.1) is 0 Å². The first-order valence-electron chi connectivity index (χ1n) is 14.0. The van der Waals surface area contributed by atoms with Crippen LogP contribution in [0.5, 0.6) is 0 Å². The zero-order valence-corrected chi connectivity index (χ0v) is 22.6. The van der Waals surface area contributed by atoms with Gasteiger partial charge in [0, 0.05) is 45.6 Å². The molecular weight excluding hydrogens is 500 g/mol. The number of fused-ring (bicyclic) bond motifs is 6. The monoisotopic (exact) mass is 526 g/mol. The number of nitrogens with zero attached hydrogens (tertiary/aromatic N) is 4. The van der Waals surface area contributed by atoms with E-state index < -0.39 is 0 Å². The van der Waals surface area contributed by atoms with Crippen LogP contribution in [0.15, 0.2) is 128 Å². The van der Waals surface area contributed by atoms with Crippen LogP contribution in [0.4, 0.5) is 0 Å². The van der Waals surface area contributed by atoms with Crippen molar-refractivity contribution >= 4 is 43.6 Å². The lowest BCUT2D eigenvalue weighted by Gasteiger charge is -2.13. The van der Waals surface area contributed by atoms with E-state index >= 15 is 0 Å². The molecule has 0 atom stereocenters. The van der Waals surface area contributed by atoms with Crippen molar-refractivity contribution in [3.63, 3.8) is 0 Å². The maximum atomic E-state index is 5.25. The van der Waals surface area contributed by atoms with E-state index in [0.29, 0.717) is 0 Å². The van der Waals surface area contributed by atoms with E-state index in [-0.39, 0.29) is 0 Å². The summed E-state index contributed by atoms with van der Waals surface area (Å²) in [5, 5.41) is 4.53. The first-order chi connectivity index (χ1) is 20.3. The minimum absolute atomic E-state index is 0.829. The number of imidazole rings is 1. The molecule has 0 aliphatic carbocycles. The van der Waals surface area contributed by atoms with E-state index in [0.717, 1.165) is 78.5 Å². The molecule has 0 N–H and O–H groups in total. The SMILES string of the molecule is CCc1nc2c3c(-c4ccc(-c5cccc6cccnc56)cc4)nc4ccccc4c3ccc2n1-c1ccccc1. The van der Waals surface area contributed by atoms with Crippen LogP contribution in [0, 0.1) is 0 Å². The van der Waals surface area contributed by atoms with Crippen LogP contribution >= 0.6 is 0 Å². The summed E-state index contributed by atoms with van der Waals surface area (Å²) >= 11 is 0. The first kappa shape index (κ1) is 23.5. The van der Waals surface area contributed by atoms with Crippen molar-refractivity contribution in [3.05, 3.63) is 133 Å². The number of pyridine rings is 2. The third-order valence-corrected chi connectivity index (χ3v) is 7.99. The fourth-order valence-electron chi connectivity index (χ4n) is 6.09. The Hall–Kier alpha value is -5.35. The Kier molecular flexibility index (Phi) is 5.39. The predicted octanol–water partition coefficient (Wildman–Crippen LogP) is 9.17. The van der Waals surface area contributed by atoms with Crippen molar-refractivity contribution in [2.24, 2.45) is 0 Å². The normalized spacial score (nSPS) is 11.6. The Balaban J connectivity index is 1.39. The summed E-state index contributed by atoms with van der Waals surface area (Å²) < 4.78 is 2.28. The van der Waals surface area contributed by atoms with Crippen LogP contribution in [-0.4, -0.2) is 19.5 Å². The predicted molar refractivity (Wildman–Crippen MR) is 169 cm³/mol. The highest BCUT2D eigenvalue weighted by atomic mass is 15.1. The van der Waals surface area contributed by atoms with Gasteiger partial charge in [0.15, 0.2) is 0 Å². The van der Waals surface area contributed by atoms with E-state index in [9.17, 15) is 0 Å². The summed E-state index contributed by atoms with van der Waals surface area (Å²) in [6.45, 7) is 2.16. The van der Waals surface area contributed by atoms with Gasteiger partial charge >= 0.3 is 0 Å². The summed E-state index contributed by atoms with van der Waals surface area (Å²) in [5.74, 6) is 1.04. The molecule has 8 rings (SSSR count). The maximum absolute atomic E-state index is 5.25. The fraction of sp³-hybridized carbons (Fsp3) is 0.0541. The molecule has 0 saturated carbocycles. The van der Waals surface area contributed by atoms with Crippen LogP contribution in [0.3, 0.4) is 0 Å². The van der Waals surface area contributed by atoms with Gasteiger partial charge in [-0.2, -0.15) is 0 Å². The highest BCUT2D eigenvalue weighted by molar-refractivity contribution is 6.20. The molecule has 0 aliphatic rings. The standard InChI is InChI=1S/C37H26N4/c1-2-33-40-37-32(41(33)27-12-4-3-5-13-27)22-21-30-29-14-6-7-16-31(29)39-36(34(30)37)26-19-17-24(18-20-26)28-15-8-10-25-11-9-23-38-35(25)28/h3-23H,2H2,1H3. The zero-order valence-electron chi connectivity index (χ0n) is 22.6. The van der Waals surface area contributed by atoms with Crippen molar-refractivity contribution in [3.8, 4) is 28.1 Å². The zero-order chi connectivity index (χ0) is 27.3. The second kappa shape index (κ2) is 9.39. The summed E-state index contributed by atoms with van der Waals surface area (Å²) in [5.41, 5.74) is 9.47. The number of benzene rings is 5. The molecule has 3 aromatic heterocycles. The van der Waals surface area contributed by atoms with Crippen molar-refractivity contribution in [1.29, 1.82) is 0 Å². The second-order valence-corrected chi connectivity index (χ2v) is 10.3. The quantitative estimate of drug-likeness (QED) is 0.215. The van der Waals surface area contributed by atoms with Gasteiger partial charge in [0.2, 0.25) is 0 Å². The third kappa shape index (κ3) is 3.72. The molecule has 8 aromatic rings. The summed E-state index contributed by atoms with van der Waals surface area (Å²) in [4.78, 5) is 15.2. The topological polar surface area (TPSA) is 43.6 Å². The molecule has 0 radical (unpaired) electrons. The molecule has 0 saturated heterocycles. The number of aryl methyl sites for hydroxylation is 1. The molecular formula is C37H26N4. The summed E-state index contributed by atoms with van der Waals surface area (Å²) in [6, 6.07) is 42.5. The van der Waals surface area contributed by atoms with E-state index in [1.165, 1.54) is 5.39 Å². The number of hydrogen-bond acceptors (Lipinski definition) is 3. The minimum atomic E-state index is 0.829. The van der Waals surface area contributed by atoms with Gasteiger partial charge in [-0.05, 0) is 41.3 Å². The van der Waals surface area contributed by atoms with Crippen molar-refractivity contribution in [2.45, 2.75) is 13.3 Å². The number of aromatic nitrogens is 4. The maximum Gasteiger partial charge on any atom is 0.114 e. The van der Waals surface area contributed by atoms with E-state index in [1.807, 2.05) is 12.3 Å². The van der Waals surface area contributed by atoms with Gasteiger partial charge in [0.25, 0.3) is 0 Å². The van der Waals surface area contributed by atoms with Crippen molar-refractivity contribution in [1.82, 2.24) is 19.5 Å². The van der Waals surface area contributed by atoms with E-state index in [1.54, 1.807) is 0 Å². The molecule has 5 aromatic carbocycles. The smallest absolute Gasteiger partial charge is 0.114 e. The van der Waals surface area contributed by atoms with E-state index in [2.05, 4.69) is 132 Å². The molecule has 4 nitrogen and oxygen atoms in total. The van der Waals surface area contributed by atoms with Crippen LogP contribution in [-0.2, 0) is 6.42 Å². The highest BCUT2D eigenvalue weighted by Crippen LogP contribution is 2.39. The van der Waals surface area contributed by atoms with Crippen LogP contribution in [0.1, 0.15) is 12.7 Å². The van der Waals surface area contributed by atoms with Crippen LogP contribution < -0.4 is 0 Å². The van der Waals surface area contributed by atoms with Gasteiger partial charge in [0.1, 0.15) is 5.82 Å². The second-order valence-electron chi connectivity index (χ2n) is 10.3. The van der Waals surface area contributed by atoms with Crippen molar-refractivity contribution in [2.75, 3.05) is 0 Å². The van der Waals surface area contributed by atoms with E-state index in [4.69, 9.17) is 9.97 Å². The molecule has 4 heteroatoms. The Morgan fingerprint density at radius 1 is 0.610 bits per heavy atom. The Morgan fingerprint density at radius 2 is 1.39 bits per heavy atom. The van der Waals surface area contributed by atoms with Gasteiger partial charge in [-0.25, -0.2) is 9.97 Å². The number of hydrogen-bond donors (Lipinski definition) is 0. The third-order valence-electron chi connectivity index (χ3n) is 7.99. The molecule has 0 amide bonds. The molecule has 0 spiro atoms. The minimum Gasteiger partial charge on any atom is -0.296 e.